The Kier molecular flexibility index (Phi) is 5.69. The highest BCUT2D eigenvalue weighted by molar-refractivity contribution is 9.10. The van der Waals surface area contributed by atoms with Crippen molar-refractivity contribution >= 4 is 39.4 Å². The number of para-hydroxylation sites is 1. The summed E-state index contributed by atoms with van der Waals surface area (Å²) in [5.74, 6) is -1.94. The summed E-state index contributed by atoms with van der Waals surface area (Å²) in [4.78, 5) is 35.4. The molecule has 1 N–H and O–H groups in total. The van der Waals surface area contributed by atoms with E-state index in [4.69, 9.17) is 5.11 Å². The molecular formula is C13H14BrNO4. The maximum absolute atomic E-state index is 12.0. The fraction of sp³-hybridized carbons (Fsp3) is 0.308. The van der Waals surface area contributed by atoms with Gasteiger partial charge in [0, 0.05) is 17.3 Å². The minimum Gasteiger partial charge on any atom is -0.481 e. The summed E-state index contributed by atoms with van der Waals surface area (Å²) >= 11 is 3.28. The van der Waals surface area contributed by atoms with Gasteiger partial charge in [-0.25, -0.2) is 4.90 Å². The van der Waals surface area contributed by atoms with Crippen molar-refractivity contribution in [3.63, 3.8) is 0 Å². The van der Waals surface area contributed by atoms with Gasteiger partial charge in [0.2, 0.25) is 11.8 Å². The third-order valence-electron chi connectivity index (χ3n) is 2.45. The second-order valence-corrected chi connectivity index (χ2v) is 4.68. The highest BCUT2D eigenvalue weighted by Gasteiger charge is 2.23. The largest absolute Gasteiger partial charge is 0.481 e. The third kappa shape index (κ3) is 4.17. The van der Waals surface area contributed by atoms with Crippen LogP contribution >= 0.6 is 15.9 Å². The number of carbonyl (C=O) groups excluding carboxylic acids is 2. The van der Waals surface area contributed by atoms with Crippen molar-refractivity contribution in [2.45, 2.75) is 26.2 Å². The number of halogens is 1. The van der Waals surface area contributed by atoms with E-state index in [1.807, 2.05) is 0 Å². The predicted octanol–water partition coefficient (Wildman–Crippen LogP) is 2.58. The lowest BCUT2D eigenvalue weighted by Crippen LogP contribution is -2.37. The number of benzene rings is 1. The SMILES string of the molecule is CCC(=O)N(C(=O)CCC(=O)O)c1ccccc1Br. The molecule has 1 aromatic rings. The minimum absolute atomic E-state index is 0.167. The molecule has 102 valence electrons. The first-order valence-electron chi connectivity index (χ1n) is 5.79. The van der Waals surface area contributed by atoms with Crippen LogP contribution in [0.15, 0.2) is 28.7 Å². The number of amides is 2. The molecule has 0 unspecified atom stereocenters. The molecule has 0 spiro atoms. The van der Waals surface area contributed by atoms with E-state index in [2.05, 4.69) is 15.9 Å². The zero-order chi connectivity index (χ0) is 14.4. The lowest BCUT2D eigenvalue weighted by molar-refractivity contribution is -0.139. The van der Waals surface area contributed by atoms with Crippen molar-refractivity contribution in [2.24, 2.45) is 0 Å². The number of nitrogens with zero attached hydrogens (tertiary/aromatic N) is 1. The minimum atomic E-state index is -1.07. The van der Waals surface area contributed by atoms with Gasteiger partial charge in [-0.3, -0.25) is 14.4 Å². The van der Waals surface area contributed by atoms with E-state index in [9.17, 15) is 14.4 Å². The molecule has 0 atom stereocenters. The Hall–Kier alpha value is -1.69. The van der Waals surface area contributed by atoms with E-state index in [1.54, 1.807) is 31.2 Å². The first kappa shape index (κ1) is 15.4. The standard InChI is InChI=1S/C13H14BrNO4/c1-2-11(16)15(12(17)7-8-13(18)19)10-6-4-3-5-9(10)14/h3-6H,2,7-8H2,1H3,(H,18,19). The monoisotopic (exact) mass is 327 g/mol. The second-order valence-electron chi connectivity index (χ2n) is 3.82. The molecule has 0 aliphatic heterocycles. The normalized spacial score (nSPS) is 10.0. The van der Waals surface area contributed by atoms with Crippen molar-refractivity contribution in [3.05, 3.63) is 28.7 Å². The Morgan fingerprint density at radius 2 is 1.79 bits per heavy atom. The summed E-state index contributed by atoms with van der Waals surface area (Å²) in [6.07, 6.45) is -0.334. The third-order valence-corrected chi connectivity index (χ3v) is 3.12. The molecule has 2 amide bonds. The molecule has 5 nitrogen and oxygen atoms in total. The van der Waals surface area contributed by atoms with Crippen LogP contribution in [0.3, 0.4) is 0 Å². The molecule has 0 aliphatic carbocycles. The Morgan fingerprint density at radius 1 is 1.16 bits per heavy atom. The topological polar surface area (TPSA) is 74.7 Å². The Labute approximate surface area is 119 Å². The van der Waals surface area contributed by atoms with Gasteiger partial charge in [-0.2, -0.15) is 0 Å². The van der Waals surface area contributed by atoms with E-state index >= 15 is 0 Å². The quantitative estimate of drug-likeness (QED) is 0.901. The average molecular weight is 328 g/mol. The number of imide groups is 1. The number of carboxylic acids is 1. The van der Waals surface area contributed by atoms with Crippen molar-refractivity contribution in [3.8, 4) is 0 Å². The zero-order valence-electron chi connectivity index (χ0n) is 10.4. The molecular weight excluding hydrogens is 314 g/mol. The smallest absolute Gasteiger partial charge is 0.303 e. The molecule has 0 radical (unpaired) electrons. The van der Waals surface area contributed by atoms with Crippen molar-refractivity contribution in [1.82, 2.24) is 0 Å². The van der Waals surface area contributed by atoms with E-state index in [-0.39, 0.29) is 25.2 Å². The summed E-state index contributed by atoms with van der Waals surface area (Å²) in [5, 5.41) is 8.60. The van der Waals surface area contributed by atoms with Gasteiger partial charge in [0.25, 0.3) is 0 Å². The maximum Gasteiger partial charge on any atom is 0.303 e. The number of carbonyl (C=O) groups is 3. The first-order valence-corrected chi connectivity index (χ1v) is 6.58. The molecule has 1 aromatic carbocycles. The first-order chi connectivity index (χ1) is 8.97. The number of aliphatic carboxylic acids is 1. The number of carboxylic acid groups (broad SMARTS) is 1. The number of anilines is 1. The molecule has 0 saturated heterocycles. The molecule has 0 saturated carbocycles. The highest BCUT2D eigenvalue weighted by atomic mass is 79.9. The molecule has 0 heterocycles. The molecule has 6 heteroatoms. The van der Waals surface area contributed by atoms with Crippen LogP contribution in [0.4, 0.5) is 5.69 Å². The zero-order valence-corrected chi connectivity index (χ0v) is 12.0. The summed E-state index contributed by atoms with van der Waals surface area (Å²) in [6, 6.07) is 6.83. The van der Waals surface area contributed by atoms with Crippen molar-refractivity contribution < 1.29 is 19.5 Å². The number of hydrogen-bond acceptors (Lipinski definition) is 3. The average Bonchev–Trinajstić information content (AvgIpc) is 2.38. The maximum atomic E-state index is 12.0. The van der Waals surface area contributed by atoms with Gasteiger partial charge in [-0.05, 0) is 28.1 Å². The highest BCUT2D eigenvalue weighted by Crippen LogP contribution is 2.27. The molecule has 0 aromatic heterocycles. The van der Waals surface area contributed by atoms with Crippen molar-refractivity contribution in [1.29, 1.82) is 0 Å². The van der Waals surface area contributed by atoms with E-state index in [0.29, 0.717) is 10.2 Å². The Bertz CT molecular complexity index is 501. The Balaban J connectivity index is 3.02. The number of hydrogen-bond donors (Lipinski definition) is 1. The van der Waals surface area contributed by atoms with Gasteiger partial charge >= 0.3 is 5.97 Å². The molecule has 0 fully saturated rings. The molecule has 0 bridgehead atoms. The molecule has 0 aliphatic rings. The fourth-order valence-corrected chi connectivity index (χ4v) is 1.99. The summed E-state index contributed by atoms with van der Waals surface area (Å²) in [5.41, 5.74) is 0.435. The van der Waals surface area contributed by atoms with Crippen LogP contribution in [0.1, 0.15) is 26.2 Å². The van der Waals surface area contributed by atoms with Gasteiger partial charge in [-0.15, -0.1) is 0 Å². The van der Waals surface area contributed by atoms with Crippen LogP contribution in [0.5, 0.6) is 0 Å². The van der Waals surface area contributed by atoms with Crippen molar-refractivity contribution in [2.75, 3.05) is 4.90 Å². The van der Waals surface area contributed by atoms with Crippen LogP contribution in [0, 0.1) is 0 Å². The summed E-state index contributed by atoms with van der Waals surface area (Å²) in [6.45, 7) is 1.65. The molecule has 19 heavy (non-hydrogen) atoms. The van der Waals surface area contributed by atoms with E-state index < -0.39 is 11.9 Å². The molecule has 1 rings (SSSR count). The van der Waals surface area contributed by atoms with Crippen LogP contribution < -0.4 is 4.90 Å². The summed E-state index contributed by atoms with van der Waals surface area (Å²) < 4.78 is 0.612. The lowest BCUT2D eigenvalue weighted by atomic mass is 10.2. The lowest BCUT2D eigenvalue weighted by Gasteiger charge is -2.21. The van der Waals surface area contributed by atoms with E-state index in [1.165, 1.54) is 0 Å². The van der Waals surface area contributed by atoms with Gasteiger partial charge in [0.05, 0.1) is 12.1 Å². The second kappa shape index (κ2) is 7.04. The van der Waals surface area contributed by atoms with Crippen LogP contribution in [-0.2, 0) is 14.4 Å². The van der Waals surface area contributed by atoms with E-state index in [0.717, 1.165) is 4.90 Å². The fourth-order valence-electron chi connectivity index (χ4n) is 1.52. The van der Waals surface area contributed by atoms with Gasteiger partial charge in [0.1, 0.15) is 0 Å². The Morgan fingerprint density at radius 3 is 2.32 bits per heavy atom. The van der Waals surface area contributed by atoms with Gasteiger partial charge in [0.15, 0.2) is 0 Å². The summed E-state index contributed by atoms with van der Waals surface area (Å²) in [7, 11) is 0. The van der Waals surface area contributed by atoms with Gasteiger partial charge in [-0.1, -0.05) is 19.1 Å². The van der Waals surface area contributed by atoms with Crippen LogP contribution in [0.25, 0.3) is 0 Å². The van der Waals surface area contributed by atoms with Gasteiger partial charge < -0.3 is 5.11 Å². The van der Waals surface area contributed by atoms with Crippen LogP contribution in [0.2, 0.25) is 0 Å². The van der Waals surface area contributed by atoms with Crippen LogP contribution in [-0.4, -0.2) is 22.9 Å². The number of rotatable bonds is 5. The predicted molar refractivity (Wildman–Crippen MR) is 73.8 cm³/mol.